The number of amidine groups is 1. The van der Waals surface area contributed by atoms with Gasteiger partial charge in [0.25, 0.3) is 0 Å². The second kappa shape index (κ2) is 11.9. The third-order valence-electron chi connectivity index (χ3n) is 4.75. The van der Waals surface area contributed by atoms with E-state index in [1.165, 1.54) is 17.5 Å². The highest BCUT2D eigenvalue weighted by Gasteiger charge is 2.26. The molecule has 1 fully saturated rings. The van der Waals surface area contributed by atoms with E-state index in [2.05, 4.69) is 23.1 Å². The Morgan fingerprint density at radius 3 is 2.18 bits per heavy atom. The van der Waals surface area contributed by atoms with Crippen LogP contribution in [0.2, 0.25) is 0 Å². The predicted molar refractivity (Wildman–Crippen MR) is 134 cm³/mol. The molecule has 1 aliphatic rings. The van der Waals surface area contributed by atoms with Gasteiger partial charge in [-0.05, 0) is 79.9 Å². The molecule has 2 amide bonds. The lowest BCUT2D eigenvalue weighted by molar-refractivity contribution is 0.0401. The highest BCUT2D eigenvalue weighted by Crippen LogP contribution is 2.19. The van der Waals surface area contributed by atoms with Crippen LogP contribution in [0.4, 0.5) is 9.59 Å². The molecule has 0 spiro atoms. The molecule has 184 valence electrons. The molecule has 0 atom stereocenters. The van der Waals surface area contributed by atoms with E-state index < -0.39 is 23.4 Å². The van der Waals surface area contributed by atoms with Crippen LogP contribution in [0.25, 0.3) is 0 Å². The standard InChI is InChI=1S/C26H41N3O4/c1-11-21(15-14-20(3)29-17-12-13-19(2)16-18-29)22(27-23(30)32-25(4,5)6)28(10)24(31)33-26(7,8)9/h11,14-15H,1-2,12-13,16-18H2,3-10H3/b20-14+,21-15+,27-22?. The van der Waals surface area contributed by atoms with E-state index in [0.717, 1.165) is 38.0 Å². The van der Waals surface area contributed by atoms with Crippen molar-refractivity contribution in [3.8, 4) is 0 Å². The number of hydrogen-bond donors (Lipinski definition) is 0. The first kappa shape index (κ1) is 28.2. The van der Waals surface area contributed by atoms with Crippen LogP contribution in [0.5, 0.6) is 0 Å². The van der Waals surface area contributed by atoms with E-state index in [0.29, 0.717) is 5.57 Å². The van der Waals surface area contributed by atoms with Gasteiger partial charge in [0.2, 0.25) is 0 Å². The van der Waals surface area contributed by atoms with Gasteiger partial charge in [-0.3, -0.25) is 4.90 Å². The van der Waals surface area contributed by atoms with E-state index in [9.17, 15) is 9.59 Å². The van der Waals surface area contributed by atoms with E-state index in [-0.39, 0.29) is 5.84 Å². The number of likely N-dealkylation sites (N-methyl/N-ethyl adjacent to an activating group) is 1. The van der Waals surface area contributed by atoms with Crippen molar-refractivity contribution in [3.05, 3.63) is 48.2 Å². The summed E-state index contributed by atoms with van der Waals surface area (Å²) in [4.78, 5) is 32.8. The molecule has 1 heterocycles. The van der Waals surface area contributed by atoms with Gasteiger partial charge in [0, 0.05) is 31.4 Å². The number of carbonyl (C=O) groups excluding carboxylic acids is 2. The Morgan fingerprint density at radius 2 is 1.64 bits per heavy atom. The third kappa shape index (κ3) is 10.6. The quantitative estimate of drug-likeness (QED) is 0.215. The zero-order chi connectivity index (χ0) is 25.4. The minimum atomic E-state index is -0.799. The van der Waals surface area contributed by atoms with Gasteiger partial charge >= 0.3 is 12.2 Å². The fourth-order valence-electron chi connectivity index (χ4n) is 3.07. The van der Waals surface area contributed by atoms with Crippen LogP contribution >= 0.6 is 0 Å². The van der Waals surface area contributed by atoms with Gasteiger partial charge in [0.15, 0.2) is 5.84 Å². The van der Waals surface area contributed by atoms with Crippen molar-refractivity contribution in [2.24, 2.45) is 4.99 Å². The molecule has 7 heteroatoms. The van der Waals surface area contributed by atoms with E-state index in [1.54, 1.807) is 53.7 Å². The van der Waals surface area contributed by atoms with E-state index >= 15 is 0 Å². The summed E-state index contributed by atoms with van der Waals surface area (Å²) >= 11 is 0. The van der Waals surface area contributed by atoms with E-state index in [4.69, 9.17) is 9.47 Å². The number of rotatable bonds is 4. The normalized spacial score (nSPS) is 16.8. The first-order chi connectivity index (χ1) is 15.1. The van der Waals surface area contributed by atoms with Crippen LogP contribution in [0.3, 0.4) is 0 Å². The molecule has 7 nitrogen and oxygen atoms in total. The molecule has 0 aliphatic carbocycles. The summed E-state index contributed by atoms with van der Waals surface area (Å²) in [6.07, 6.45) is 6.94. The Kier molecular flexibility index (Phi) is 10.1. The number of hydrogen-bond acceptors (Lipinski definition) is 5. The van der Waals surface area contributed by atoms with Crippen LogP contribution in [0.15, 0.2) is 53.2 Å². The Bertz CT molecular complexity index is 839. The lowest BCUT2D eigenvalue weighted by atomic mass is 10.1. The molecule has 0 saturated carbocycles. The smallest absolute Gasteiger partial charge is 0.436 e. The topological polar surface area (TPSA) is 71.4 Å². The minimum Gasteiger partial charge on any atom is -0.443 e. The van der Waals surface area contributed by atoms with Gasteiger partial charge in [0.1, 0.15) is 11.2 Å². The summed E-state index contributed by atoms with van der Waals surface area (Å²) in [5, 5.41) is 0. The van der Waals surface area contributed by atoms with Crippen LogP contribution in [-0.2, 0) is 9.47 Å². The number of carbonyl (C=O) groups is 2. The molecule has 0 aromatic rings. The highest BCUT2D eigenvalue weighted by molar-refractivity contribution is 6.11. The minimum absolute atomic E-state index is 0.0989. The molecule has 0 unspecified atom stereocenters. The Hall–Kier alpha value is -2.83. The maximum atomic E-state index is 12.7. The molecule has 0 aromatic carbocycles. The van der Waals surface area contributed by atoms with Crippen LogP contribution in [0.1, 0.15) is 67.7 Å². The van der Waals surface area contributed by atoms with E-state index in [1.807, 2.05) is 13.0 Å². The van der Waals surface area contributed by atoms with Crippen LogP contribution in [0, 0.1) is 0 Å². The molecule has 0 bridgehead atoms. The predicted octanol–water partition coefficient (Wildman–Crippen LogP) is 6.25. The molecule has 0 N–H and O–H groups in total. The monoisotopic (exact) mass is 459 g/mol. The van der Waals surface area contributed by atoms with Gasteiger partial charge < -0.3 is 14.4 Å². The summed E-state index contributed by atoms with van der Waals surface area (Å²) in [5.74, 6) is 0.0989. The zero-order valence-electron chi connectivity index (χ0n) is 21.7. The SMILES string of the molecule is C=C/C(=C\C=C(/C)N1CCCC(=C)CC1)C(=NC(=O)OC(C)(C)C)N(C)C(=O)OC(C)(C)C. The summed E-state index contributed by atoms with van der Waals surface area (Å²) in [5.41, 5.74) is 1.42. The van der Waals surface area contributed by atoms with Crippen molar-refractivity contribution in [1.82, 2.24) is 9.80 Å². The zero-order valence-corrected chi connectivity index (χ0v) is 21.7. The Labute approximate surface area is 199 Å². The third-order valence-corrected chi connectivity index (χ3v) is 4.75. The van der Waals surface area contributed by atoms with Crippen molar-refractivity contribution < 1.29 is 19.1 Å². The molecule has 0 radical (unpaired) electrons. The van der Waals surface area contributed by atoms with Gasteiger partial charge in [-0.25, -0.2) is 9.59 Å². The molecule has 33 heavy (non-hydrogen) atoms. The second-order valence-electron chi connectivity index (χ2n) is 10.2. The Morgan fingerprint density at radius 1 is 1.03 bits per heavy atom. The van der Waals surface area contributed by atoms with Gasteiger partial charge in [-0.15, -0.1) is 0 Å². The molecule has 0 aromatic heterocycles. The number of aliphatic imine (C=N–C) groups is 1. The lowest BCUT2D eigenvalue weighted by Crippen LogP contribution is -2.39. The summed E-state index contributed by atoms with van der Waals surface area (Å²) in [7, 11) is 1.51. The molecule has 1 aliphatic heterocycles. The molecule has 1 saturated heterocycles. The maximum absolute atomic E-state index is 12.7. The van der Waals surface area contributed by atoms with Crippen molar-refractivity contribution in [3.63, 3.8) is 0 Å². The fourth-order valence-corrected chi connectivity index (χ4v) is 3.07. The van der Waals surface area contributed by atoms with Gasteiger partial charge in [0.05, 0.1) is 0 Å². The van der Waals surface area contributed by atoms with Crippen molar-refractivity contribution in [1.29, 1.82) is 0 Å². The first-order valence-electron chi connectivity index (χ1n) is 11.3. The summed E-state index contributed by atoms with van der Waals surface area (Å²) < 4.78 is 10.8. The number of ether oxygens (including phenoxy) is 2. The second-order valence-corrected chi connectivity index (χ2v) is 10.2. The average molecular weight is 460 g/mol. The number of nitrogens with zero attached hydrogens (tertiary/aromatic N) is 3. The fraction of sp³-hybridized carbons (Fsp3) is 0.577. The summed E-state index contributed by atoms with van der Waals surface area (Å²) in [6.45, 7) is 22.5. The largest absolute Gasteiger partial charge is 0.443 e. The van der Waals surface area contributed by atoms with Crippen molar-refractivity contribution in [2.75, 3.05) is 20.1 Å². The average Bonchev–Trinajstić information content (AvgIpc) is 2.88. The number of likely N-dealkylation sites (tertiary alicyclic amines) is 1. The van der Waals surface area contributed by atoms with Gasteiger partial charge in [-0.1, -0.05) is 24.8 Å². The van der Waals surface area contributed by atoms with Gasteiger partial charge in [-0.2, -0.15) is 4.99 Å². The van der Waals surface area contributed by atoms with Crippen molar-refractivity contribution >= 4 is 18.0 Å². The number of allylic oxidation sites excluding steroid dienone is 3. The van der Waals surface area contributed by atoms with Crippen LogP contribution < -0.4 is 0 Å². The molecular formula is C26H41N3O4. The molecule has 1 rings (SSSR count). The van der Waals surface area contributed by atoms with Crippen LogP contribution in [-0.4, -0.2) is 59.2 Å². The first-order valence-corrected chi connectivity index (χ1v) is 11.3. The highest BCUT2D eigenvalue weighted by atomic mass is 16.6. The lowest BCUT2D eigenvalue weighted by Gasteiger charge is -2.26. The maximum Gasteiger partial charge on any atom is 0.436 e. The summed E-state index contributed by atoms with van der Waals surface area (Å²) in [6, 6.07) is 0. The number of amides is 2. The Balaban J connectivity index is 3.31. The van der Waals surface area contributed by atoms with Crippen molar-refractivity contribution in [2.45, 2.75) is 78.9 Å². The molecular weight excluding hydrogens is 418 g/mol.